The van der Waals surface area contributed by atoms with E-state index in [0.29, 0.717) is 27.4 Å². The third kappa shape index (κ3) is 2.73. The second-order valence-electron chi connectivity index (χ2n) is 4.36. The molecule has 4 nitrogen and oxygen atoms in total. The molecule has 0 spiro atoms. The molecule has 0 aliphatic heterocycles. The molecule has 2 aromatic carbocycles. The molecule has 0 saturated heterocycles. The number of aromatic nitrogens is 2. The molecular weight excluding hydrogens is 309 g/mol. The minimum Gasteiger partial charge on any atom is -0.497 e. The molecule has 1 heterocycles. The van der Waals surface area contributed by atoms with Crippen LogP contribution >= 0.6 is 23.2 Å². The lowest BCUT2D eigenvalue weighted by atomic mass is 10.2. The van der Waals surface area contributed by atoms with Gasteiger partial charge in [0.1, 0.15) is 5.75 Å². The monoisotopic (exact) mass is 319 g/mol. The Labute approximate surface area is 131 Å². The summed E-state index contributed by atoms with van der Waals surface area (Å²) < 4.78 is 5.20. The van der Waals surface area contributed by atoms with Crippen molar-refractivity contribution < 1.29 is 4.74 Å². The minimum absolute atomic E-state index is 0.368. The summed E-state index contributed by atoms with van der Waals surface area (Å²) in [6, 6.07) is 13.0. The quantitative estimate of drug-likeness (QED) is 0.760. The molecule has 0 bridgehead atoms. The van der Waals surface area contributed by atoms with Crippen molar-refractivity contribution in [1.82, 2.24) is 10.2 Å². The van der Waals surface area contributed by atoms with Crippen LogP contribution in [0.4, 0.5) is 11.5 Å². The fraction of sp³-hybridized carbons (Fsp3) is 0.0667. The van der Waals surface area contributed by atoms with Crippen LogP contribution in [-0.4, -0.2) is 17.3 Å². The Morgan fingerprint density at radius 3 is 2.52 bits per heavy atom. The number of hydrogen-bond donors (Lipinski definition) is 1. The number of fused-ring (bicyclic) bond motifs is 1. The van der Waals surface area contributed by atoms with E-state index < -0.39 is 0 Å². The summed E-state index contributed by atoms with van der Waals surface area (Å²) in [6.45, 7) is 0. The van der Waals surface area contributed by atoms with E-state index in [2.05, 4.69) is 15.5 Å². The number of methoxy groups -OCH3 is 1. The summed E-state index contributed by atoms with van der Waals surface area (Å²) in [5.74, 6) is 1.29. The van der Waals surface area contributed by atoms with Crippen molar-refractivity contribution in [2.45, 2.75) is 0 Å². The predicted octanol–water partition coefficient (Wildman–Crippen LogP) is 4.69. The third-order valence-corrected chi connectivity index (χ3v) is 3.68. The second-order valence-corrected chi connectivity index (χ2v) is 5.12. The van der Waals surface area contributed by atoms with Crippen molar-refractivity contribution in [3.05, 3.63) is 52.6 Å². The van der Waals surface area contributed by atoms with Crippen LogP contribution in [0.15, 0.2) is 42.5 Å². The number of rotatable bonds is 3. The molecule has 1 aromatic heterocycles. The van der Waals surface area contributed by atoms with Crippen LogP contribution in [0.5, 0.6) is 5.75 Å². The first kappa shape index (κ1) is 13.9. The van der Waals surface area contributed by atoms with Crippen molar-refractivity contribution >= 4 is 45.5 Å². The Balaban J connectivity index is 2.08. The third-order valence-electron chi connectivity index (χ3n) is 3.07. The highest BCUT2D eigenvalue weighted by molar-refractivity contribution is 6.35. The van der Waals surface area contributed by atoms with Crippen LogP contribution in [0, 0.1) is 0 Å². The van der Waals surface area contributed by atoms with Gasteiger partial charge in [-0.25, -0.2) is 0 Å². The lowest BCUT2D eigenvalue weighted by molar-refractivity contribution is 0.415. The number of ether oxygens (including phenoxy) is 1. The molecule has 3 aromatic rings. The molecule has 0 saturated carbocycles. The molecule has 0 unspecified atom stereocenters. The zero-order chi connectivity index (χ0) is 14.8. The van der Waals surface area contributed by atoms with Crippen molar-refractivity contribution in [2.75, 3.05) is 12.4 Å². The molecule has 0 radical (unpaired) electrons. The summed E-state index contributed by atoms with van der Waals surface area (Å²) in [7, 11) is 1.60. The van der Waals surface area contributed by atoms with Gasteiger partial charge in [0.25, 0.3) is 0 Å². The molecule has 0 fully saturated rings. The van der Waals surface area contributed by atoms with Gasteiger partial charge in [-0.3, -0.25) is 0 Å². The standard InChI is InChI=1S/C15H11Cl2N3O/c1-21-9-6-7-12(16)13(8-9)18-15-11-5-3-2-4-10(11)14(17)19-20-15/h2-8H,1H3,(H,18,20). The van der Waals surface area contributed by atoms with Gasteiger partial charge in [0.15, 0.2) is 11.0 Å². The maximum atomic E-state index is 6.19. The SMILES string of the molecule is COc1ccc(Cl)c(Nc2nnc(Cl)c3ccccc23)c1. The molecule has 21 heavy (non-hydrogen) atoms. The van der Waals surface area contributed by atoms with Crippen molar-refractivity contribution in [1.29, 1.82) is 0 Å². The fourth-order valence-corrected chi connectivity index (χ4v) is 2.39. The van der Waals surface area contributed by atoms with Gasteiger partial charge in [-0.05, 0) is 12.1 Å². The van der Waals surface area contributed by atoms with Crippen LogP contribution in [0.2, 0.25) is 10.2 Å². The Hall–Kier alpha value is -2.04. The van der Waals surface area contributed by atoms with E-state index in [-0.39, 0.29) is 0 Å². The number of benzene rings is 2. The van der Waals surface area contributed by atoms with Crippen LogP contribution in [0.25, 0.3) is 10.8 Å². The van der Waals surface area contributed by atoms with E-state index in [1.54, 1.807) is 25.3 Å². The maximum Gasteiger partial charge on any atom is 0.161 e. The topological polar surface area (TPSA) is 47.0 Å². The zero-order valence-corrected chi connectivity index (χ0v) is 12.6. The summed E-state index contributed by atoms with van der Waals surface area (Å²) >= 11 is 12.3. The molecular formula is C15H11Cl2N3O. The van der Waals surface area contributed by atoms with Gasteiger partial charge < -0.3 is 10.1 Å². The Morgan fingerprint density at radius 2 is 1.76 bits per heavy atom. The van der Waals surface area contributed by atoms with Crippen molar-refractivity contribution in [2.24, 2.45) is 0 Å². The summed E-state index contributed by atoms with van der Waals surface area (Å²) in [5, 5.41) is 13.9. The van der Waals surface area contributed by atoms with E-state index >= 15 is 0 Å². The smallest absolute Gasteiger partial charge is 0.161 e. The van der Waals surface area contributed by atoms with Crippen molar-refractivity contribution in [3.63, 3.8) is 0 Å². The minimum atomic E-state index is 0.368. The molecule has 0 aliphatic rings. The van der Waals surface area contributed by atoms with E-state index in [1.807, 2.05) is 24.3 Å². The highest BCUT2D eigenvalue weighted by Crippen LogP contribution is 2.32. The van der Waals surface area contributed by atoms with Gasteiger partial charge in [0, 0.05) is 16.8 Å². The zero-order valence-electron chi connectivity index (χ0n) is 11.1. The first-order chi connectivity index (χ1) is 10.2. The number of halogens is 2. The fourth-order valence-electron chi connectivity index (χ4n) is 2.02. The highest BCUT2D eigenvalue weighted by Gasteiger charge is 2.10. The lowest BCUT2D eigenvalue weighted by Gasteiger charge is -2.11. The van der Waals surface area contributed by atoms with Crippen LogP contribution in [-0.2, 0) is 0 Å². The molecule has 0 aliphatic carbocycles. The van der Waals surface area contributed by atoms with Gasteiger partial charge in [-0.1, -0.05) is 47.5 Å². The van der Waals surface area contributed by atoms with E-state index in [4.69, 9.17) is 27.9 Å². The molecule has 3 rings (SSSR count). The van der Waals surface area contributed by atoms with Gasteiger partial charge in [-0.2, -0.15) is 0 Å². The molecule has 106 valence electrons. The first-order valence-corrected chi connectivity index (χ1v) is 6.96. The summed E-state index contributed by atoms with van der Waals surface area (Å²) in [4.78, 5) is 0. The van der Waals surface area contributed by atoms with Crippen LogP contribution in [0.3, 0.4) is 0 Å². The summed E-state index contributed by atoms with van der Waals surface area (Å²) in [5.41, 5.74) is 0.692. The number of nitrogens with zero attached hydrogens (tertiary/aromatic N) is 2. The van der Waals surface area contributed by atoms with Gasteiger partial charge in [-0.15, -0.1) is 10.2 Å². The average Bonchev–Trinajstić information content (AvgIpc) is 2.52. The second kappa shape index (κ2) is 5.76. The van der Waals surface area contributed by atoms with Gasteiger partial charge in [0.05, 0.1) is 17.8 Å². The first-order valence-electron chi connectivity index (χ1n) is 6.20. The van der Waals surface area contributed by atoms with Crippen LogP contribution < -0.4 is 10.1 Å². The number of hydrogen-bond acceptors (Lipinski definition) is 4. The number of nitrogens with one attached hydrogen (secondary N) is 1. The predicted molar refractivity (Wildman–Crippen MR) is 85.8 cm³/mol. The Bertz CT molecular complexity index is 808. The summed E-state index contributed by atoms with van der Waals surface area (Å²) in [6.07, 6.45) is 0. The van der Waals surface area contributed by atoms with Crippen LogP contribution in [0.1, 0.15) is 0 Å². The number of anilines is 2. The normalized spacial score (nSPS) is 10.6. The van der Waals surface area contributed by atoms with Gasteiger partial charge in [0.2, 0.25) is 0 Å². The average molecular weight is 320 g/mol. The van der Waals surface area contributed by atoms with E-state index in [1.165, 1.54) is 0 Å². The van der Waals surface area contributed by atoms with E-state index in [9.17, 15) is 0 Å². The molecule has 0 atom stereocenters. The lowest BCUT2D eigenvalue weighted by Crippen LogP contribution is -1.98. The largest absolute Gasteiger partial charge is 0.497 e. The Morgan fingerprint density at radius 1 is 1.00 bits per heavy atom. The highest BCUT2D eigenvalue weighted by atomic mass is 35.5. The molecule has 0 amide bonds. The molecule has 1 N–H and O–H groups in total. The van der Waals surface area contributed by atoms with Crippen molar-refractivity contribution in [3.8, 4) is 5.75 Å². The van der Waals surface area contributed by atoms with Gasteiger partial charge >= 0.3 is 0 Å². The Kier molecular flexibility index (Phi) is 3.82. The molecule has 6 heteroatoms. The van der Waals surface area contributed by atoms with E-state index in [0.717, 1.165) is 10.8 Å². The maximum absolute atomic E-state index is 6.19.